The molecule has 0 saturated heterocycles. The molecule has 2 heterocycles. The van der Waals surface area contributed by atoms with Gasteiger partial charge >= 0.3 is 12.0 Å². The van der Waals surface area contributed by atoms with Gasteiger partial charge in [0.1, 0.15) is 0 Å². The fourth-order valence-corrected chi connectivity index (χ4v) is 2.05. The van der Waals surface area contributed by atoms with E-state index in [0.717, 1.165) is 5.56 Å². The van der Waals surface area contributed by atoms with E-state index in [1.54, 1.807) is 18.2 Å². The Bertz CT molecular complexity index is 787. The van der Waals surface area contributed by atoms with E-state index in [2.05, 4.69) is 20.3 Å². The van der Waals surface area contributed by atoms with Crippen LogP contribution in [0.2, 0.25) is 0 Å². The van der Waals surface area contributed by atoms with Gasteiger partial charge in [-0.1, -0.05) is 6.07 Å². The summed E-state index contributed by atoms with van der Waals surface area (Å²) in [6, 6.07) is 5.66. The Morgan fingerprint density at radius 1 is 1.16 bits per heavy atom. The van der Waals surface area contributed by atoms with E-state index < -0.39 is 0 Å². The molecule has 25 heavy (non-hydrogen) atoms. The van der Waals surface area contributed by atoms with E-state index in [4.69, 9.17) is 18.9 Å². The van der Waals surface area contributed by atoms with Crippen LogP contribution in [0.1, 0.15) is 11.4 Å². The van der Waals surface area contributed by atoms with Gasteiger partial charge in [-0.15, -0.1) is 4.98 Å². The number of ether oxygens (including phenoxy) is 4. The minimum Gasteiger partial charge on any atom is -0.467 e. The molecule has 0 unspecified atom stereocenters. The largest absolute Gasteiger partial charge is 0.467 e. The molecule has 0 bridgehead atoms. The fourth-order valence-electron chi connectivity index (χ4n) is 2.05. The Morgan fingerprint density at radius 3 is 2.60 bits per heavy atom. The van der Waals surface area contributed by atoms with E-state index in [-0.39, 0.29) is 31.3 Å². The van der Waals surface area contributed by atoms with Crippen LogP contribution in [0.4, 0.5) is 0 Å². The number of amides is 1. The lowest BCUT2D eigenvalue weighted by molar-refractivity contribution is -0.116. The second-order valence-corrected chi connectivity index (χ2v) is 4.89. The van der Waals surface area contributed by atoms with E-state index in [1.807, 2.05) is 6.07 Å². The maximum absolute atomic E-state index is 11.9. The van der Waals surface area contributed by atoms with Gasteiger partial charge in [0.25, 0.3) is 0 Å². The maximum Gasteiger partial charge on any atom is 0.322 e. The lowest BCUT2D eigenvalue weighted by Crippen LogP contribution is -2.22. The molecule has 0 spiro atoms. The van der Waals surface area contributed by atoms with Crippen molar-refractivity contribution in [1.29, 1.82) is 0 Å². The second-order valence-electron chi connectivity index (χ2n) is 4.89. The first-order valence-corrected chi connectivity index (χ1v) is 7.36. The van der Waals surface area contributed by atoms with E-state index in [9.17, 15) is 4.79 Å². The van der Waals surface area contributed by atoms with Crippen molar-refractivity contribution in [3.63, 3.8) is 0 Å². The zero-order chi connectivity index (χ0) is 17.6. The first-order valence-electron chi connectivity index (χ1n) is 7.36. The Kier molecular flexibility index (Phi) is 4.93. The van der Waals surface area contributed by atoms with Gasteiger partial charge in [0, 0.05) is 6.08 Å². The smallest absolute Gasteiger partial charge is 0.322 e. The molecule has 9 heteroatoms. The molecule has 1 aliphatic heterocycles. The Morgan fingerprint density at radius 2 is 1.88 bits per heavy atom. The Balaban J connectivity index is 1.59. The standard InChI is InChI=1S/C16H16N4O5/c1-22-15-18-13(19-16(20-15)23-2)8-17-14(21)6-4-10-3-5-11-12(7-10)25-9-24-11/h3-7H,8-9H2,1-2H3,(H,17,21)/b6-4+. The summed E-state index contributed by atoms with van der Waals surface area (Å²) in [6.07, 6.45) is 3.08. The third-order valence-corrected chi connectivity index (χ3v) is 3.25. The van der Waals surface area contributed by atoms with Crippen molar-refractivity contribution < 1.29 is 23.7 Å². The van der Waals surface area contributed by atoms with Crippen molar-refractivity contribution in [1.82, 2.24) is 20.3 Å². The first-order chi connectivity index (χ1) is 12.2. The molecule has 3 rings (SSSR count). The highest BCUT2D eigenvalue weighted by Crippen LogP contribution is 2.32. The summed E-state index contributed by atoms with van der Waals surface area (Å²) >= 11 is 0. The Hall–Kier alpha value is -3.36. The van der Waals surface area contributed by atoms with E-state index in [0.29, 0.717) is 17.3 Å². The average molecular weight is 344 g/mol. The summed E-state index contributed by atoms with van der Waals surface area (Å²) in [5.74, 6) is 1.39. The number of aromatic nitrogens is 3. The van der Waals surface area contributed by atoms with Crippen LogP contribution in [-0.4, -0.2) is 41.9 Å². The van der Waals surface area contributed by atoms with Crippen LogP contribution in [0.3, 0.4) is 0 Å². The van der Waals surface area contributed by atoms with Crippen LogP contribution >= 0.6 is 0 Å². The van der Waals surface area contributed by atoms with Gasteiger partial charge in [-0.25, -0.2) is 0 Å². The maximum atomic E-state index is 11.9. The number of nitrogens with zero attached hydrogens (tertiary/aromatic N) is 3. The third-order valence-electron chi connectivity index (χ3n) is 3.25. The number of carbonyl (C=O) groups excluding carboxylic acids is 1. The molecule has 1 aromatic carbocycles. The molecular weight excluding hydrogens is 328 g/mol. The topological polar surface area (TPSA) is 105 Å². The van der Waals surface area contributed by atoms with Gasteiger partial charge in [0.2, 0.25) is 12.7 Å². The molecule has 0 saturated carbocycles. The van der Waals surface area contributed by atoms with Crippen molar-refractivity contribution in [2.45, 2.75) is 6.54 Å². The molecular formula is C16H16N4O5. The highest BCUT2D eigenvalue weighted by molar-refractivity contribution is 5.91. The Labute approximate surface area is 143 Å². The normalized spacial score (nSPS) is 12.2. The molecule has 1 amide bonds. The van der Waals surface area contributed by atoms with Crippen molar-refractivity contribution in [2.75, 3.05) is 21.0 Å². The molecule has 0 atom stereocenters. The number of methoxy groups -OCH3 is 2. The summed E-state index contributed by atoms with van der Waals surface area (Å²) in [6.45, 7) is 0.321. The van der Waals surface area contributed by atoms with Crippen LogP contribution in [0.25, 0.3) is 6.08 Å². The van der Waals surface area contributed by atoms with Gasteiger partial charge in [-0.2, -0.15) is 9.97 Å². The number of hydrogen-bond acceptors (Lipinski definition) is 8. The van der Waals surface area contributed by atoms with Gasteiger partial charge < -0.3 is 24.3 Å². The van der Waals surface area contributed by atoms with Crippen molar-refractivity contribution in [3.05, 3.63) is 35.7 Å². The van der Waals surface area contributed by atoms with Gasteiger partial charge in [0.15, 0.2) is 17.3 Å². The van der Waals surface area contributed by atoms with Crippen molar-refractivity contribution >= 4 is 12.0 Å². The van der Waals surface area contributed by atoms with Gasteiger partial charge in [-0.05, 0) is 23.8 Å². The number of benzene rings is 1. The summed E-state index contributed by atoms with van der Waals surface area (Å²) in [7, 11) is 2.87. The predicted molar refractivity (Wildman–Crippen MR) is 86.4 cm³/mol. The predicted octanol–water partition coefficient (Wildman–Crippen LogP) is 0.947. The van der Waals surface area contributed by atoms with Gasteiger partial charge in [-0.3, -0.25) is 4.79 Å². The van der Waals surface area contributed by atoms with Crippen molar-refractivity contribution in [2.24, 2.45) is 0 Å². The number of fused-ring (bicyclic) bond motifs is 1. The lowest BCUT2D eigenvalue weighted by atomic mass is 10.2. The number of hydrogen-bond donors (Lipinski definition) is 1. The minimum absolute atomic E-state index is 0.111. The summed E-state index contributed by atoms with van der Waals surface area (Å²) < 4.78 is 20.4. The number of nitrogens with one attached hydrogen (secondary N) is 1. The number of rotatable bonds is 6. The quantitative estimate of drug-likeness (QED) is 0.772. The van der Waals surface area contributed by atoms with Crippen molar-refractivity contribution in [3.8, 4) is 23.5 Å². The summed E-state index contributed by atoms with van der Waals surface area (Å²) in [4.78, 5) is 23.9. The van der Waals surface area contributed by atoms with Gasteiger partial charge in [0.05, 0.1) is 20.8 Å². The van der Waals surface area contributed by atoms with Crippen LogP contribution in [0.5, 0.6) is 23.5 Å². The molecule has 1 N–H and O–H groups in total. The van der Waals surface area contributed by atoms with Crippen LogP contribution in [0, 0.1) is 0 Å². The zero-order valence-electron chi connectivity index (χ0n) is 13.7. The molecule has 1 aromatic heterocycles. The first kappa shape index (κ1) is 16.5. The average Bonchev–Trinajstić information content (AvgIpc) is 3.12. The minimum atomic E-state index is -0.295. The monoisotopic (exact) mass is 344 g/mol. The summed E-state index contributed by atoms with van der Waals surface area (Å²) in [5, 5.41) is 2.68. The fraction of sp³-hybridized carbons (Fsp3) is 0.250. The molecule has 1 aliphatic rings. The molecule has 130 valence electrons. The molecule has 2 aromatic rings. The molecule has 0 radical (unpaired) electrons. The molecule has 0 fully saturated rings. The SMILES string of the molecule is COc1nc(CNC(=O)/C=C/c2ccc3c(c2)OCO3)nc(OC)n1. The lowest BCUT2D eigenvalue weighted by Gasteiger charge is -2.05. The van der Waals surface area contributed by atoms with E-state index in [1.165, 1.54) is 20.3 Å². The molecule has 9 nitrogen and oxygen atoms in total. The highest BCUT2D eigenvalue weighted by Gasteiger charge is 2.12. The molecule has 0 aliphatic carbocycles. The number of carbonyl (C=O) groups is 1. The van der Waals surface area contributed by atoms with Crippen LogP contribution in [0.15, 0.2) is 24.3 Å². The van der Waals surface area contributed by atoms with E-state index >= 15 is 0 Å². The third kappa shape index (κ3) is 4.14. The van der Waals surface area contributed by atoms with Crippen LogP contribution < -0.4 is 24.3 Å². The highest BCUT2D eigenvalue weighted by atomic mass is 16.7. The second kappa shape index (κ2) is 7.47. The zero-order valence-corrected chi connectivity index (χ0v) is 13.7. The summed E-state index contributed by atoms with van der Waals surface area (Å²) in [5.41, 5.74) is 0.822. The van der Waals surface area contributed by atoms with Crippen LogP contribution in [-0.2, 0) is 11.3 Å².